The molecular weight excluding hydrogens is 150 g/mol. The third kappa shape index (κ3) is 1.32. The van der Waals surface area contributed by atoms with Crippen molar-refractivity contribution in [3.8, 4) is 0 Å². The average Bonchev–Trinajstić information content (AvgIpc) is 2.77. The van der Waals surface area contributed by atoms with Gasteiger partial charge in [-0.1, -0.05) is 0 Å². The summed E-state index contributed by atoms with van der Waals surface area (Å²) in [6.45, 7) is 2.26. The van der Waals surface area contributed by atoms with Gasteiger partial charge in [-0.05, 0) is 25.1 Å². The van der Waals surface area contributed by atoms with Gasteiger partial charge >= 0.3 is 0 Å². The van der Waals surface area contributed by atoms with Gasteiger partial charge in [0.25, 0.3) is 0 Å². The molecule has 0 saturated carbocycles. The van der Waals surface area contributed by atoms with Gasteiger partial charge in [-0.25, -0.2) is 0 Å². The van der Waals surface area contributed by atoms with Crippen molar-refractivity contribution in [1.29, 1.82) is 0 Å². The molecule has 2 heterocycles. The van der Waals surface area contributed by atoms with E-state index in [1.165, 1.54) is 12.2 Å². The zero-order valence-electron chi connectivity index (χ0n) is 7.38. The van der Waals surface area contributed by atoms with Crippen molar-refractivity contribution in [3.63, 3.8) is 0 Å². The zero-order valence-corrected chi connectivity index (χ0v) is 7.38. The van der Waals surface area contributed by atoms with E-state index in [9.17, 15) is 0 Å². The third-order valence-electron chi connectivity index (χ3n) is 2.54. The number of nitrogens with zero attached hydrogens (tertiary/aromatic N) is 1. The van der Waals surface area contributed by atoms with Crippen molar-refractivity contribution in [2.45, 2.75) is 12.5 Å². The molecule has 66 valence electrons. The first-order valence-corrected chi connectivity index (χ1v) is 4.45. The van der Waals surface area contributed by atoms with Crippen LogP contribution >= 0.6 is 0 Å². The van der Waals surface area contributed by atoms with E-state index in [2.05, 4.69) is 28.3 Å². The van der Waals surface area contributed by atoms with Gasteiger partial charge in [-0.3, -0.25) is 0 Å². The fourth-order valence-electron chi connectivity index (χ4n) is 1.71. The minimum atomic E-state index is 0.656. The molecule has 1 atom stereocenters. The van der Waals surface area contributed by atoms with E-state index in [4.69, 9.17) is 0 Å². The highest BCUT2D eigenvalue weighted by Crippen LogP contribution is 2.15. The molecule has 0 amide bonds. The molecule has 1 aromatic rings. The summed E-state index contributed by atoms with van der Waals surface area (Å²) in [5.41, 5.74) is 0. The minimum Gasteiger partial charge on any atom is -0.357 e. The van der Waals surface area contributed by atoms with E-state index in [1.54, 1.807) is 0 Å². The quantitative estimate of drug-likeness (QED) is 0.679. The Balaban J connectivity index is 2.04. The highest BCUT2D eigenvalue weighted by Gasteiger charge is 2.19. The summed E-state index contributed by atoms with van der Waals surface area (Å²) in [6.07, 6.45) is 3.21. The number of aromatic nitrogens is 1. The molecule has 2 rings (SSSR count). The summed E-state index contributed by atoms with van der Waals surface area (Å²) >= 11 is 0. The molecule has 0 aliphatic carbocycles. The summed E-state index contributed by atoms with van der Waals surface area (Å²) in [5.74, 6) is 1.21. The Morgan fingerprint density at radius 2 is 2.50 bits per heavy atom. The van der Waals surface area contributed by atoms with Crippen LogP contribution < -0.4 is 10.2 Å². The van der Waals surface area contributed by atoms with Gasteiger partial charge in [-0.2, -0.15) is 0 Å². The van der Waals surface area contributed by atoms with Gasteiger partial charge in [0.2, 0.25) is 0 Å². The molecule has 1 saturated heterocycles. The molecule has 0 bridgehead atoms. The molecule has 2 N–H and O–H groups in total. The molecule has 0 aromatic carbocycles. The number of rotatable bonds is 2. The predicted molar refractivity (Wildman–Crippen MR) is 50.5 cm³/mol. The lowest BCUT2D eigenvalue weighted by atomic mass is 10.2. The highest BCUT2D eigenvalue weighted by molar-refractivity contribution is 5.39. The number of aromatic amines is 1. The molecule has 1 unspecified atom stereocenters. The summed E-state index contributed by atoms with van der Waals surface area (Å²) < 4.78 is 0. The summed E-state index contributed by atoms with van der Waals surface area (Å²) in [6, 6.07) is 4.80. The lowest BCUT2D eigenvalue weighted by Gasteiger charge is -2.24. The van der Waals surface area contributed by atoms with Gasteiger partial charge in [-0.15, -0.1) is 0 Å². The fourth-order valence-corrected chi connectivity index (χ4v) is 1.71. The van der Waals surface area contributed by atoms with E-state index >= 15 is 0 Å². The Kier molecular flexibility index (Phi) is 2.04. The number of hydrogen-bond donors (Lipinski definition) is 2. The Hall–Kier alpha value is -0.960. The largest absolute Gasteiger partial charge is 0.357 e. The lowest BCUT2D eigenvalue weighted by molar-refractivity contribution is 0.679. The van der Waals surface area contributed by atoms with Crippen LogP contribution in [0, 0.1) is 0 Å². The topological polar surface area (TPSA) is 31.1 Å². The molecule has 1 aliphatic rings. The summed E-state index contributed by atoms with van der Waals surface area (Å²) in [7, 11) is 2.14. The standard InChI is InChI=1S/C9H15N3/c1-12(8-4-6-10-7-8)9-3-2-5-11-9/h2-3,5,8,10-11H,4,6-7H2,1H3. The Labute approximate surface area is 72.8 Å². The highest BCUT2D eigenvalue weighted by atomic mass is 15.2. The van der Waals surface area contributed by atoms with Crippen LogP contribution in [0.2, 0.25) is 0 Å². The predicted octanol–water partition coefficient (Wildman–Crippen LogP) is 0.813. The molecule has 0 radical (unpaired) electrons. The first-order chi connectivity index (χ1) is 5.88. The monoisotopic (exact) mass is 165 g/mol. The molecule has 1 fully saturated rings. The Morgan fingerprint density at radius 3 is 3.08 bits per heavy atom. The summed E-state index contributed by atoms with van der Waals surface area (Å²) in [5, 5.41) is 3.36. The van der Waals surface area contributed by atoms with Crippen LogP contribution in [0.5, 0.6) is 0 Å². The third-order valence-corrected chi connectivity index (χ3v) is 2.54. The van der Waals surface area contributed by atoms with Crippen molar-refractivity contribution in [2.75, 3.05) is 25.0 Å². The second-order valence-electron chi connectivity index (χ2n) is 3.31. The van der Waals surface area contributed by atoms with Gasteiger partial charge in [0.05, 0.1) is 0 Å². The minimum absolute atomic E-state index is 0.656. The average molecular weight is 165 g/mol. The van der Waals surface area contributed by atoms with Gasteiger partial charge in [0, 0.05) is 25.8 Å². The molecule has 1 aliphatic heterocycles. The maximum atomic E-state index is 3.36. The maximum Gasteiger partial charge on any atom is 0.105 e. The van der Waals surface area contributed by atoms with Crippen molar-refractivity contribution in [2.24, 2.45) is 0 Å². The van der Waals surface area contributed by atoms with Gasteiger partial charge in [0.15, 0.2) is 0 Å². The normalized spacial score (nSPS) is 22.9. The van der Waals surface area contributed by atoms with Gasteiger partial charge in [0.1, 0.15) is 5.82 Å². The second kappa shape index (κ2) is 3.19. The first-order valence-electron chi connectivity index (χ1n) is 4.45. The van der Waals surface area contributed by atoms with Crippen molar-refractivity contribution >= 4 is 5.82 Å². The number of anilines is 1. The molecular formula is C9H15N3. The molecule has 3 heteroatoms. The van der Waals surface area contributed by atoms with Crippen molar-refractivity contribution < 1.29 is 0 Å². The van der Waals surface area contributed by atoms with Crippen LogP contribution in [0.4, 0.5) is 5.82 Å². The van der Waals surface area contributed by atoms with Crippen LogP contribution in [0.15, 0.2) is 18.3 Å². The molecule has 0 spiro atoms. The van der Waals surface area contributed by atoms with Crippen LogP contribution in [-0.2, 0) is 0 Å². The molecule has 3 nitrogen and oxygen atoms in total. The maximum absolute atomic E-state index is 3.36. The first kappa shape index (κ1) is 7.68. The molecule has 12 heavy (non-hydrogen) atoms. The Bertz CT molecular complexity index is 224. The lowest BCUT2D eigenvalue weighted by Crippen LogP contribution is -2.33. The summed E-state index contributed by atoms with van der Waals surface area (Å²) in [4.78, 5) is 5.52. The van der Waals surface area contributed by atoms with E-state index in [1.807, 2.05) is 12.3 Å². The van der Waals surface area contributed by atoms with Crippen molar-refractivity contribution in [1.82, 2.24) is 10.3 Å². The smallest absolute Gasteiger partial charge is 0.105 e. The molecule has 1 aromatic heterocycles. The van der Waals surface area contributed by atoms with Crippen molar-refractivity contribution in [3.05, 3.63) is 18.3 Å². The Morgan fingerprint density at radius 1 is 1.58 bits per heavy atom. The number of hydrogen-bond acceptors (Lipinski definition) is 2. The van der Waals surface area contributed by atoms with Crippen LogP contribution in [0.25, 0.3) is 0 Å². The van der Waals surface area contributed by atoms with E-state index in [-0.39, 0.29) is 0 Å². The fraction of sp³-hybridized carbons (Fsp3) is 0.556. The van der Waals surface area contributed by atoms with E-state index in [0.29, 0.717) is 6.04 Å². The van der Waals surface area contributed by atoms with Gasteiger partial charge < -0.3 is 15.2 Å². The number of nitrogens with one attached hydrogen (secondary N) is 2. The SMILES string of the molecule is CN(c1ccc[nH]1)C1CCNC1. The number of H-pyrrole nitrogens is 1. The van der Waals surface area contributed by atoms with Crippen LogP contribution in [0.3, 0.4) is 0 Å². The van der Waals surface area contributed by atoms with E-state index in [0.717, 1.165) is 13.1 Å². The zero-order chi connectivity index (χ0) is 8.39. The second-order valence-corrected chi connectivity index (χ2v) is 3.31. The van der Waals surface area contributed by atoms with Crippen LogP contribution in [-0.4, -0.2) is 31.2 Å². The number of likely N-dealkylation sites (N-methyl/N-ethyl adjacent to an activating group) is 1. The van der Waals surface area contributed by atoms with Crippen LogP contribution in [0.1, 0.15) is 6.42 Å². The van der Waals surface area contributed by atoms with E-state index < -0.39 is 0 Å².